The quantitative estimate of drug-likeness (QED) is 0.790. The van der Waals surface area contributed by atoms with E-state index in [9.17, 15) is 9.59 Å². The Morgan fingerprint density at radius 3 is 2.81 bits per heavy atom. The van der Waals surface area contributed by atoms with Gasteiger partial charge in [-0.25, -0.2) is 0 Å². The molecule has 0 aliphatic carbocycles. The van der Waals surface area contributed by atoms with Gasteiger partial charge >= 0.3 is 0 Å². The first kappa shape index (κ1) is 13.9. The topological polar surface area (TPSA) is 56.5 Å². The molecule has 108 valence electrons. The van der Waals surface area contributed by atoms with Crippen molar-refractivity contribution in [1.82, 2.24) is 0 Å². The lowest BCUT2D eigenvalue weighted by molar-refractivity contribution is 0.0902. The summed E-state index contributed by atoms with van der Waals surface area (Å²) in [6.45, 7) is 0.697. The predicted molar refractivity (Wildman–Crippen MR) is 79.3 cm³/mol. The number of Topliss-reactive ketones (excluding diaryl/α,β-unsaturated/α-hetero) is 2. The Morgan fingerprint density at radius 1 is 1.14 bits per heavy atom. The zero-order valence-electron chi connectivity index (χ0n) is 11.3. The number of carbonyl (C=O) groups excluding carboxylic acids is 2. The molecule has 2 heterocycles. The summed E-state index contributed by atoms with van der Waals surface area (Å²) in [6.07, 6.45) is 1.80. The largest absolute Gasteiger partial charge is 0.492 e. The number of fused-ring (bicyclic) bond motifs is 1. The van der Waals surface area contributed by atoms with Crippen molar-refractivity contribution in [3.05, 3.63) is 47.9 Å². The van der Waals surface area contributed by atoms with E-state index >= 15 is 0 Å². The van der Waals surface area contributed by atoms with Crippen molar-refractivity contribution in [2.24, 2.45) is 0 Å². The highest BCUT2D eigenvalue weighted by atomic mass is 32.2. The maximum absolute atomic E-state index is 12.2. The first-order chi connectivity index (χ1) is 10.2. The molecule has 0 unspecified atom stereocenters. The zero-order valence-corrected chi connectivity index (χ0v) is 12.2. The molecule has 0 N–H and O–H groups in total. The molecule has 0 saturated carbocycles. The lowest BCUT2D eigenvalue weighted by Gasteiger charge is -2.17. The van der Waals surface area contributed by atoms with Crippen LogP contribution in [0.2, 0.25) is 0 Å². The number of thioether (sulfide) groups is 1. The van der Waals surface area contributed by atoms with Crippen LogP contribution in [0.1, 0.15) is 33.8 Å². The molecule has 1 aliphatic heterocycles. The molecule has 4 nitrogen and oxygen atoms in total. The van der Waals surface area contributed by atoms with Gasteiger partial charge in [-0.15, -0.1) is 11.8 Å². The fraction of sp³-hybridized carbons (Fsp3) is 0.250. The van der Waals surface area contributed by atoms with E-state index in [1.807, 2.05) is 12.1 Å². The number of carbonyl (C=O) groups is 2. The van der Waals surface area contributed by atoms with Crippen molar-refractivity contribution in [1.29, 1.82) is 0 Å². The highest BCUT2D eigenvalue weighted by molar-refractivity contribution is 7.99. The molecule has 1 aliphatic rings. The van der Waals surface area contributed by atoms with Crippen LogP contribution in [-0.2, 0) is 0 Å². The number of furan rings is 1. The summed E-state index contributed by atoms with van der Waals surface area (Å²) in [5.41, 5.74) is 0.624. The highest BCUT2D eigenvalue weighted by Crippen LogP contribution is 2.34. The Morgan fingerprint density at radius 2 is 2.00 bits per heavy atom. The molecule has 0 bridgehead atoms. The van der Waals surface area contributed by atoms with Crippen molar-refractivity contribution >= 4 is 23.3 Å². The maximum Gasteiger partial charge on any atom is 0.198 e. The van der Waals surface area contributed by atoms with Crippen LogP contribution in [-0.4, -0.2) is 23.9 Å². The number of ether oxygens (including phenoxy) is 1. The maximum atomic E-state index is 12.2. The van der Waals surface area contributed by atoms with Gasteiger partial charge in [0.05, 0.1) is 17.8 Å². The summed E-state index contributed by atoms with van der Waals surface area (Å²) in [6, 6.07) is 8.70. The Hall–Kier alpha value is -2.01. The predicted octanol–water partition coefficient (Wildman–Crippen LogP) is 3.61. The molecule has 21 heavy (non-hydrogen) atoms. The molecule has 1 aromatic carbocycles. The van der Waals surface area contributed by atoms with Crippen molar-refractivity contribution in [2.45, 2.75) is 17.7 Å². The third-order valence-electron chi connectivity index (χ3n) is 3.24. The van der Waals surface area contributed by atoms with E-state index in [2.05, 4.69) is 0 Å². The summed E-state index contributed by atoms with van der Waals surface area (Å²) in [5, 5.41) is 0. The van der Waals surface area contributed by atoms with E-state index in [-0.39, 0.29) is 24.4 Å². The van der Waals surface area contributed by atoms with Crippen molar-refractivity contribution in [3.8, 4) is 5.75 Å². The first-order valence-corrected chi connectivity index (χ1v) is 7.72. The van der Waals surface area contributed by atoms with Gasteiger partial charge in [0.15, 0.2) is 17.3 Å². The number of hydrogen-bond acceptors (Lipinski definition) is 5. The van der Waals surface area contributed by atoms with Crippen molar-refractivity contribution in [2.75, 3.05) is 12.4 Å². The van der Waals surface area contributed by atoms with Gasteiger partial charge in [0.25, 0.3) is 0 Å². The highest BCUT2D eigenvalue weighted by Gasteiger charge is 2.16. The summed E-state index contributed by atoms with van der Waals surface area (Å²) < 4.78 is 10.5. The van der Waals surface area contributed by atoms with E-state index in [0.717, 1.165) is 16.4 Å². The number of ketones is 2. The third kappa shape index (κ3) is 3.19. The summed E-state index contributed by atoms with van der Waals surface area (Å²) in [7, 11) is 0. The van der Waals surface area contributed by atoms with Gasteiger partial charge in [-0.2, -0.15) is 0 Å². The lowest BCUT2D eigenvalue weighted by Crippen LogP contribution is -2.08. The minimum atomic E-state index is -0.149. The van der Waals surface area contributed by atoms with Gasteiger partial charge in [-0.3, -0.25) is 9.59 Å². The normalized spacial score (nSPS) is 13.3. The molecule has 0 fully saturated rings. The van der Waals surface area contributed by atoms with E-state index in [4.69, 9.17) is 9.15 Å². The molecule has 0 amide bonds. The van der Waals surface area contributed by atoms with Crippen LogP contribution in [0, 0.1) is 0 Å². The second kappa shape index (κ2) is 6.18. The van der Waals surface area contributed by atoms with Gasteiger partial charge in [0.1, 0.15) is 5.75 Å². The fourth-order valence-electron chi connectivity index (χ4n) is 2.15. The van der Waals surface area contributed by atoms with Crippen LogP contribution in [0.3, 0.4) is 0 Å². The molecule has 1 aromatic heterocycles. The summed E-state index contributed by atoms with van der Waals surface area (Å²) >= 11 is 1.68. The van der Waals surface area contributed by atoms with E-state index in [1.165, 1.54) is 6.26 Å². The lowest BCUT2D eigenvalue weighted by atomic mass is 10.0. The van der Waals surface area contributed by atoms with Gasteiger partial charge in [0, 0.05) is 24.2 Å². The van der Waals surface area contributed by atoms with E-state index in [0.29, 0.717) is 17.9 Å². The average Bonchev–Trinajstić information content (AvgIpc) is 3.06. The first-order valence-electron chi connectivity index (χ1n) is 6.73. The third-order valence-corrected chi connectivity index (χ3v) is 4.24. The average molecular weight is 302 g/mol. The summed E-state index contributed by atoms with van der Waals surface area (Å²) in [4.78, 5) is 25.0. The molecule has 3 rings (SSSR count). The summed E-state index contributed by atoms with van der Waals surface area (Å²) in [5.74, 6) is 1.83. The Balaban J connectivity index is 1.64. The second-order valence-corrected chi connectivity index (χ2v) is 5.82. The van der Waals surface area contributed by atoms with Gasteiger partial charge in [0.2, 0.25) is 0 Å². The second-order valence-electron chi connectivity index (χ2n) is 4.68. The fourth-order valence-corrected chi connectivity index (χ4v) is 3.01. The molecule has 2 aromatic rings. The van der Waals surface area contributed by atoms with E-state index in [1.54, 1.807) is 30.0 Å². The van der Waals surface area contributed by atoms with Gasteiger partial charge in [-0.05, 0) is 30.3 Å². The number of benzene rings is 1. The zero-order chi connectivity index (χ0) is 14.7. The molecule has 0 atom stereocenters. The minimum absolute atomic E-state index is 0.0381. The molecule has 0 spiro atoms. The molecule has 0 radical (unpaired) electrons. The standard InChI is InChI=1S/C16H14O4S/c17-12(4-5-13(18)14-2-1-7-19-14)11-3-6-15-16(10-11)21-9-8-20-15/h1-3,6-7,10H,4-5,8-9H2. The SMILES string of the molecule is O=C(CCC(=O)c1ccco1)c1ccc2c(c1)SCCO2. The van der Waals surface area contributed by atoms with Crippen LogP contribution < -0.4 is 4.74 Å². The number of hydrogen-bond donors (Lipinski definition) is 0. The molecule has 5 heteroatoms. The molecule has 0 saturated heterocycles. The Kier molecular flexibility index (Phi) is 4.10. The Bertz CT molecular complexity index is 661. The van der Waals surface area contributed by atoms with Crippen LogP contribution in [0.4, 0.5) is 0 Å². The van der Waals surface area contributed by atoms with Gasteiger partial charge < -0.3 is 9.15 Å². The minimum Gasteiger partial charge on any atom is -0.492 e. The Labute approximate surface area is 126 Å². The van der Waals surface area contributed by atoms with Crippen LogP contribution in [0.5, 0.6) is 5.75 Å². The number of rotatable bonds is 5. The van der Waals surface area contributed by atoms with Crippen LogP contribution in [0.25, 0.3) is 0 Å². The monoisotopic (exact) mass is 302 g/mol. The van der Waals surface area contributed by atoms with Crippen molar-refractivity contribution < 1.29 is 18.7 Å². The van der Waals surface area contributed by atoms with E-state index < -0.39 is 0 Å². The van der Waals surface area contributed by atoms with Crippen molar-refractivity contribution in [3.63, 3.8) is 0 Å². The molecular weight excluding hydrogens is 288 g/mol. The van der Waals surface area contributed by atoms with Crippen LogP contribution >= 0.6 is 11.8 Å². The molecular formula is C16H14O4S. The van der Waals surface area contributed by atoms with Gasteiger partial charge in [-0.1, -0.05) is 0 Å². The smallest absolute Gasteiger partial charge is 0.198 e. The van der Waals surface area contributed by atoms with Crippen LogP contribution in [0.15, 0.2) is 45.9 Å².